The summed E-state index contributed by atoms with van der Waals surface area (Å²) >= 11 is 0. The van der Waals surface area contributed by atoms with E-state index in [9.17, 15) is 31.1 Å². The molecule has 1 aliphatic heterocycles. The van der Waals surface area contributed by atoms with Gasteiger partial charge in [0.25, 0.3) is 0 Å². The largest absolute Gasteiger partial charge is 0.416 e. The van der Waals surface area contributed by atoms with Crippen LogP contribution < -0.4 is 5.32 Å². The fourth-order valence-electron chi connectivity index (χ4n) is 3.39. The van der Waals surface area contributed by atoms with Crippen molar-refractivity contribution in [1.29, 1.82) is 0 Å². The second-order valence-corrected chi connectivity index (χ2v) is 8.53. The van der Waals surface area contributed by atoms with Crippen molar-refractivity contribution in [2.75, 3.05) is 31.5 Å². The molecule has 1 aromatic carbocycles. The highest BCUT2D eigenvalue weighted by Gasteiger charge is 2.38. The second-order valence-electron chi connectivity index (χ2n) is 8.53. The molecule has 0 aliphatic carbocycles. The van der Waals surface area contributed by atoms with Crippen molar-refractivity contribution in [2.24, 2.45) is 11.8 Å². The second kappa shape index (κ2) is 9.03. The van der Waals surface area contributed by atoms with Crippen LogP contribution >= 0.6 is 0 Å². The van der Waals surface area contributed by atoms with Gasteiger partial charge in [0.15, 0.2) is 0 Å². The van der Waals surface area contributed by atoms with E-state index < -0.39 is 35.2 Å². The van der Waals surface area contributed by atoms with Crippen LogP contribution in [0.3, 0.4) is 0 Å². The number of carbonyl (C=O) groups is 1. The standard InChI is InChI=1S/C20H27F6N3O/c1-12(2)8-28(9-13(3)4)17-10-29(11-17)18(30)27-16-6-14(19(21,22)23)5-15(7-16)20(24,25)26/h5-7,12-13,17H,8-11H2,1-4H3,(H,27,30). The molecule has 0 saturated carbocycles. The van der Waals surface area contributed by atoms with Crippen LogP contribution in [0.5, 0.6) is 0 Å². The van der Waals surface area contributed by atoms with Crippen molar-refractivity contribution in [3.63, 3.8) is 0 Å². The Kier molecular flexibility index (Phi) is 7.32. The van der Waals surface area contributed by atoms with Gasteiger partial charge in [-0.25, -0.2) is 4.79 Å². The van der Waals surface area contributed by atoms with E-state index >= 15 is 0 Å². The molecule has 1 fully saturated rings. The highest BCUT2D eigenvalue weighted by Crippen LogP contribution is 2.37. The first-order valence-corrected chi connectivity index (χ1v) is 9.76. The maximum absolute atomic E-state index is 13.0. The minimum absolute atomic E-state index is 0.0328. The zero-order chi connectivity index (χ0) is 22.9. The molecule has 30 heavy (non-hydrogen) atoms. The summed E-state index contributed by atoms with van der Waals surface area (Å²) in [7, 11) is 0. The van der Waals surface area contributed by atoms with Gasteiger partial charge >= 0.3 is 18.4 Å². The first-order valence-electron chi connectivity index (χ1n) is 9.76. The number of likely N-dealkylation sites (tertiary alicyclic amines) is 1. The monoisotopic (exact) mass is 439 g/mol. The predicted molar refractivity (Wildman–Crippen MR) is 102 cm³/mol. The Labute approximate surface area is 172 Å². The van der Waals surface area contributed by atoms with E-state index in [-0.39, 0.29) is 12.1 Å². The lowest BCUT2D eigenvalue weighted by molar-refractivity contribution is -0.143. The van der Waals surface area contributed by atoms with E-state index in [1.54, 1.807) is 0 Å². The summed E-state index contributed by atoms with van der Waals surface area (Å²) in [5.74, 6) is 0.857. The molecule has 0 radical (unpaired) electrons. The van der Waals surface area contributed by atoms with Crippen molar-refractivity contribution in [2.45, 2.75) is 46.1 Å². The molecule has 0 aromatic heterocycles. The molecule has 2 amide bonds. The van der Waals surface area contributed by atoms with Gasteiger partial charge in [-0.3, -0.25) is 4.90 Å². The van der Waals surface area contributed by atoms with Crippen LogP contribution in [0.2, 0.25) is 0 Å². The van der Waals surface area contributed by atoms with Crippen LogP contribution in [0.4, 0.5) is 36.8 Å². The minimum Gasteiger partial charge on any atom is -0.321 e. The highest BCUT2D eigenvalue weighted by atomic mass is 19.4. The van der Waals surface area contributed by atoms with E-state index in [1.165, 1.54) is 4.90 Å². The van der Waals surface area contributed by atoms with Gasteiger partial charge < -0.3 is 10.2 Å². The van der Waals surface area contributed by atoms with Gasteiger partial charge in [-0.2, -0.15) is 26.3 Å². The lowest BCUT2D eigenvalue weighted by Crippen LogP contribution is -2.62. The molecule has 0 unspecified atom stereocenters. The Morgan fingerprint density at radius 2 is 1.40 bits per heavy atom. The summed E-state index contributed by atoms with van der Waals surface area (Å²) in [4.78, 5) is 16.0. The van der Waals surface area contributed by atoms with E-state index in [4.69, 9.17) is 0 Å². The SMILES string of the molecule is CC(C)CN(CC(C)C)C1CN(C(=O)Nc2cc(C(F)(F)F)cc(C(F)(F)F)c2)C1. The predicted octanol–water partition coefficient (Wildman–Crippen LogP) is 5.55. The summed E-state index contributed by atoms with van der Waals surface area (Å²) in [6.45, 7) is 10.8. The number of hydrogen-bond acceptors (Lipinski definition) is 2. The van der Waals surface area contributed by atoms with Crippen LogP contribution in [0, 0.1) is 11.8 Å². The van der Waals surface area contributed by atoms with Gasteiger partial charge in [-0.05, 0) is 30.0 Å². The molecule has 0 bridgehead atoms. The van der Waals surface area contributed by atoms with Gasteiger partial charge in [0.1, 0.15) is 0 Å². The number of anilines is 1. The van der Waals surface area contributed by atoms with E-state index in [0.29, 0.717) is 37.1 Å². The normalized spacial score (nSPS) is 15.8. The molecule has 1 N–H and O–H groups in total. The summed E-state index contributed by atoms with van der Waals surface area (Å²) in [6.07, 6.45) is -9.92. The Hall–Kier alpha value is -1.97. The van der Waals surface area contributed by atoms with Gasteiger partial charge in [-0.15, -0.1) is 0 Å². The summed E-state index contributed by atoms with van der Waals surface area (Å²) in [6, 6.07) is 0.452. The van der Waals surface area contributed by atoms with Crippen LogP contribution in [0.15, 0.2) is 18.2 Å². The molecule has 0 atom stereocenters. The number of amides is 2. The van der Waals surface area contributed by atoms with Crippen LogP contribution in [0.1, 0.15) is 38.8 Å². The van der Waals surface area contributed by atoms with Crippen LogP contribution in [0.25, 0.3) is 0 Å². The molecule has 1 saturated heterocycles. The number of nitrogens with one attached hydrogen (secondary N) is 1. The zero-order valence-electron chi connectivity index (χ0n) is 17.4. The molecule has 0 spiro atoms. The Bertz CT molecular complexity index is 697. The number of benzene rings is 1. The van der Waals surface area contributed by atoms with Crippen LogP contribution in [-0.4, -0.2) is 48.1 Å². The summed E-state index contributed by atoms with van der Waals surface area (Å²) in [5, 5.41) is 2.18. The first-order chi connectivity index (χ1) is 13.7. The van der Waals surface area contributed by atoms with Gasteiger partial charge in [-0.1, -0.05) is 27.7 Å². The van der Waals surface area contributed by atoms with Crippen LogP contribution in [-0.2, 0) is 12.4 Å². The maximum atomic E-state index is 13.0. The molecule has 2 rings (SSSR count). The number of carbonyl (C=O) groups excluding carboxylic acids is 1. The smallest absolute Gasteiger partial charge is 0.321 e. The molecule has 170 valence electrons. The first kappa shape index (κ1) is 24.3. The van der Waals surface area contributed by atoms with Gasteiger partial charge in [0, 0.05) is 37.9 Å². The van der Waals surface area contributed by atoms with Gasteiger partial charge in [0.05, 0.1) is 11.1 Å². The van der Waals surface area contributed by atoms with E-state index in [2.05, 4.69) is 37.9 Å². The number of hydrogen-bond donors (Lipinski definition) is 1. The molecule has 10 heteroatoms. The van der Waals surface area contributed by atoms with E-state index in [0.717, 1.165) is 13.1 Å². The quantitative estimate of drug-likeness (QED) is 0.590. The molecule has 1 heterocycles. The van der Waals surface area contributed by atoms with Crippen molar-refractivity contribution >= 4 is 11.7 Å². The number of alkyl halides is 6. The average molecular weight is 439 g/mol. The fraction of sp³-hybridized carbons (Fsp3) is 0.650. The minimum atomic E-state index is -4.96. The van der Waals surface area contributed by atoms with Gasteiger partial charge in [0.2, 0.25) is 0 Å². The van der Waals surface area contributed by atoms with Crippen molar-refractivity contribution in [3.05, 3.63) is 29.3 Å². The average Bonchev–Trinajstić information content (AvgIpc) is 2.50. The lowest BCUT2D eigenvalue weighted by atomic mass is 10.0. The Balaban J connectivity index is 2.08. The molecule has 1 aromatic rings. The number of urea groups is 1. The third-order valence-electron chi connectivity index (χ3n) is 4.70. The lowest BCUT2D eigenvalue weighted by Gasteiger charge is -2.46. The summed E-state index contributed by atoms with van der Waals surface area (Å²) < 4.78 is 77.8. The molecular weight excluding hydrogens is 412 g/mol. The molecular formula is C20H27F6N3O. The number of rotatable bonds is 6. The zero-order valence-corrected chi connectivity index (χ0v) is 17.4. The third-order valence-corrected chi connectivity index (χ3v) is 4.70. The third kappa shape index (κ3) is 6.52. The Morgan fingerprint density at radius 1 is 0.967 bits per heavy atom. The maximum Gasteiger partial charge on any atom is 0.416 e. The summed E-state index contributed by atoms with van der Waals surface area (Å²) in [5.41, 5.74) is -3.46. The molecule has 1 aliphatic rings. The van der Waals surface area contributed by atoms with Crippen molar-refractivity contribution in [3.8, 4) is 0 Å². The fourth-order valence-corrected chi connectivity index (χ4v) is 3.39. The topological polar surface area (TPSA) is 35.6 Å². The van der Waals surface area contributed by atoms with Crippen molar-refractivity contribution < 1.29 is 31.1 Å². The Morgan fingerprint density at radius 3 is 1.77 bits per heavy atom. The molecule has 4 nitrogen and oxygen atoms in total. The number of halogens is 6. The highest BCUT2D eigenvalue weighted by molar-refractivity contribution is 5.90. The van der Waals surface area contributed by atoms with Crippen molar-refractivity contribution in [1.82, 2.24) is 9.80 Å². The van der Waals surface area contributed by atoms with E-state index in [1.807, 2.05) is 0 Å². The number of nitrogens with zero attached hydrogens (tertiary/aromatic N) is 2.